The fourth-order valence-electron chi connectivity index (χ4n) is 1.15. The molecule has 0 atom stereocenters. The summed E-state index contributed by atoms with van der Waals surface area (Å²) in [4.78, 5) is 4.20. The molecule has 2 aromatic heterocycles. The standard InChI is InChI=1S/C10H12N2O3S/c13-4-2-6-16-7-9-11-10(12-15-9)8-3-1-5-14-8/h1,3,5,13H,2,4,6-7H2. The smallest absolute Gasteiger partial charge is 0.238 e. The number of furan rings is 1. The molecule has 0 aromatic carbocycles. The molecular weight excluding hydrogens is 228 g/mol. The number of nitrogens with zero attached hydrogens (tertiary/aromatic N) is 2. The van der Waals surface area contributed by atoms with E-state index in [1.165, 1.54) is 0 Å². The highest BCUT2D eigenvalue weighted by Crippen LogP contribution is 2.18. The summed E-state index contributed by atoms with van der Waals surface area (Å²) in [5.41, 5.74) is 0. The van der Waals surface area contributed by atoms with E-state index in [2.05, 4.69) is 10.1 Å². The minimum absolute atomic E-state index is 0.217. The maximum absolute atomic E-state index is 8.62. The predicted octanol–water partition coefficient (Wildman–Crippen LogP) is 1.95. The number of aliphatic hydroxyl groups is 1. The van der Waals surface area contributed by atoms with Crippen molar-refractivity contribution in [3.8, 4) is 11.6 Å². The summed E-state index contributed by atoms with van der Waals surface area (Å²) in [7, 11) is 0. The zero-order valence-electron chi connectivity index (χ0n) is 8.63. The van der Waals surface area contributed by atoms with Gasteiger partial charge in [-0.1, -0.05) is 5.16 Å². The van der Waals surface area contributed by atoms with Crippen LogP contribution in [0, 0.1) is 0 Å². The summed E-state index contributed by atoms with van der Waals surface area (Å²) in [6.45, 7) is 0.217. The molecule has 5 nitrogen and oxygen atoms in total. The predicted molar refractivity (Wildman–Crippen MR) is 59.9 cm³/mol. The molecule has 1 N–H and O–H groups in total. The molecule has 0 aliphatic carbocycles. The van der Waals surface area contributed by atoms with Crippen LogP contribution in [-0.4, -0.2) is 27.6 Å². The molecule has 0 unspecified atom stereocenters. The van der Waals surface area contributed by atoms with Crippen molar-refractivity contribution in [1.29, 1.82) is 0 Å². The number of hydrogen-bond donors (Lipinski definition) is 1. The van der Waals surface area contributed by atoms with Crippen LogP contribution in [-0.2, 0) is 5.75 Å². The molecule has 0 saturated carbocycles. The molecule has 6 heteroatoms. The van der Waals surface area contributed by atoms with Crippen LogP contribution in [0.5, 0.6) is 0 Å². The SMILES string of the molecule is OCCCSCc1nc(-c2ccco2)no1. The van der Waals surface area contributed by atoms with Gasteiger partial charge >= 0.3 is 0 Å². The quantitative estimate of drug-likeness (QED) is 0.778. The number of thioether (sulfide) groups is 1. The molecule has 2 aromatic rings. The zero-order chi connectivity index (χ0) is 11.2. The van der Waals surface area contributed by atoms with E-state index in [0.717, 1.165) is 12.2 Å². The molecule has 0 radical (unpaired) electrons. The van der Waals surface area contributed by atoms with Crippen LogP contribution < -0.4 is 0 Å². The molecule has 0 fully saturated rings. The van der Waals surface area contributed by atoms with Crippen LogP contribution in [0.4, 0.5) is 0 Å². The van der Waals surface area contributed by atoms with Gasteiger partial charge in [0.1, 0.15) is 0 Å². The Bertz CT molecular complexity index is 413. The second kappa shape index (κ2) is 5.72. The molecule has 0 aliphatic rings. The Morgan fingerprint density at radius 3 is 3.12 bits per heavy atom. The number of hydrogen-bond acceptors (Lipinski definition) is 6. The molecule has 86 valence electrons. The van der Waals surface area contributed by atoms with Crippen LogP contribution in [0.2, 0.25) is 0 Å². The second-order valence-corrected chi connectivity index (χ2v) is 4.22. The van der Waals surface area contributed by atoms with Gasteiger partial charge in [0.2, 0.25) is 11.7 Å². The summed E-state index contributed by atoms with van der Waals surface area (Å²) < 4.78 is 10.2. The highest BCUT2D eigenvalue weighted by molar-refractivity contribution is 7.98. The van der Waals surface area contributed by atoms with E-state index in [9.17, 15) is 0 Å². The van der Waals surface area contributed by atoms with Crippen molar-refractivity contribution in [2.75, 3.05) is 12.4 Å². The molecule has 0 aliphatic heterocycles. The van der Waals surface area contributed by atoms with E-state index < -0.39 is 0 Å². The van der Waals surface area contributed by atoms with Gasteiger partial charge in [0.25, 0.3) is 0 Å². The van der Waals surface area contributed by atoms with Gasteiger partial charge < -0.3 is 14.0 Å². The van der Waals surface area contributed by atoms with E-state index in [0.29, 0.717) is 23.2 Å². The molecule has 2 rings (SSSR count). The van der Waals surface area contributed by atoms with Gasteiger partial charge in [-0.15, -0.1) is 0 Å². The fraction of sp³-hybridized carbons (Fsp3) is 0.400. The van der Waals surface area contributed by atoms with Crippen molar-refractivity contribution < 1.29 is 14.0 Å². The normalized spacial score (nSPS) is 10.8. The lowest BCUT2D eigenvalue weighted by Gasteiger charge is -1.93. The Labute approximate surface area is 96.8 Å². The van der Waals surface area contributed by atoms with Crippen molar-refractivity contribution >= 4 is 11.8 Å². The summed E-state index contributed by atoms with van der Waals surface area (Å²) in [5.74, 6) is 3.20. The van der Waals surface area contributed by atoms with E-state index in [-0.39, 0.29) is 6.61 Å². The van der Waals surface area contributed by atoms with Crippen molar-refractivity contribution in [3.63, 3.8) is 0 Å². The van der Waals surface area contributed by atoms with E-state index in [4.69, 9.17) is 14.0 Å². The lowest BCUT2D eigenvalue weighted by Crippen LogP contribution is -1.87. The first-order chi connectivity index (χ1) is 7.90. The first-order valence-corrected chi connectivity index (χ1v) is 6.10. The third-order valence-electron chi connectivity index (χ3n) is 1.88. The average Bonchev–Trinajstić information content (AvgIpc) is 2.94. The average molecular weight is 240 g/mol. The monoisotopic (exact) mass is 240 g/mol. The number of rotatable bonds is 6. The van der Waals surface area contributed by atoms with Crippen LogP contribution in [0.15, 0.2) is 27.3 Å². The Morgan fingerprint density at radius 1 is 1.44 bits per heavy atom. The molecular formula is C10H12N2O3S. The van der Waals surface area contributed by atoms with E-state index >= 15 is 0 Å². The van der Waals surface area contributed by atoms with Crippen LogP contribution in [0.1, 0.15) is 12.3 Å². The van der Waals surface area contributed by atoms with Gasteiger partial charge in [0.15, 0.2) is 5.76 Å². The van der Waals surface area contributed by atoms with Gasteiger partial charge in [-0.3, -0.25) is 0 Å². The highest BCUT2D eigenvalue weighted by Gasteiger charge is 2.10. The first-order valence-electron chi connectivity index (χ1n) is 4.95. The summed E-state index contributed by atoms with van der Waals surface area (Å²) in [6, 6.07) is 3.56. The van der Waals surface area contributed by atoms with Crippen LogP contribution in [0.25, 0.3) is 11.6 Å². The lowest BCUT2D eigenvalue weighted by molar-refractivity contribution is 0.296. The molecule has 2 heterocycles. The summed E-state index contributed by atoms with van der Waals surface area (Å²) >= 11 is 1.65. The molecule has 0 spiro atoms. The largest absolute Gasteiger partial charge is 0.461 e. The highest BCUT2D eigenvalue weighted by atomic mass is 32.2. The lowest BCUT2D eigenvalue weighted by atomic mass is 10.4. The van der Waals surface area contributed by atoms with Crippen molar-refractivity contribution in [1.82, 2.24) is 10.1 Å². The second-order valence-electron chi connectivity index (χ2n) is 3.12. The maximum Gasteiger partial charge on any atom is 0.238 e. The minimum atomic E-state index is 0.217. The van der Waals surface area contributed by atoms with Crippen molar-refractivity contribution in [2.24, 2.45) is 0 Å². The molecule has 0 saturated heterocycles. The van der Waals surface area contributed by atoms with Crippen molar-refractivity contribution in [2.45, 2.75) is 12.2 Å². The number of aromatic nitrogens is 2. The van der Waals surface area contributed by atoms with Gasteiger partial charge in [0.05, 0.1) is 12.0 Å². The maximum atomic E-state index is 8.62. The van der Waals surface area contributed by atoms with Crippen molar-refractivity contribution in [3.05, 3.63) is 24.3 Å². The first kappa shape index (κ1) is 11.2. The topological polar surface area (TPSA) is 72.3 Å². The van der Waals surface area contributed by atoms with Gasteiger partial charge in [0, 0.05) is 6.61 Å². The summed E-state index contributed by atoms with van der Waals surface area (Å²) in [5, 5.41) is 12.4. The molecule has 16 heavy (non-hydrogen) atoms. The summed E-state index contributed by atoms with van der Waals surface area (Å²) in [6.07, 6.45) is 2.35. The zero-order valence-corrected chi connectivity index (χ0v) is 9.44. The minimum Gasteiger partial charge on any atom is -0.461 e. The Balaban J connectivity index is 1.88. The van der Waals surface area contributed by atoms with E-state index in [1.54, 1.807) is 30.2 Å². The van der Waals surface area contributed by atoms with Gasteiger partial charge in [-0.25, -0.2) is 0 Å². The van der Waals surface area contributed by atoms with Crippen LogP contribution in [0.3, 0.4) is 0 Å². The van der Waals surface area contributed by atoms with Gasteiger partial charge in [-0.2, -0.15) is 16.7 Å². The van der Waals surface area contributed by atoms with Gasteiger partial charge in [-0.05, 0) is 24.3 Å². The van der Waals surface area contributed by atoms with Crippen LogP contribution >= 0.6 is 11.8 Å². The van der Waals surface area contributed by atoms with E-state index in [1.807, 2.05) is 0 Å². The molecule has 0 bridgehead atoms. The number of aliphatic hydroxyl groups excluding tert-OH is 1. The Kier molecular flexibility index (Phi) is 4.01. The third kappa shape index (κ3) is 2.86. The third-order valence-corrected chi connectivity index (χ3v) is 2.91. The fourth-order valence-corrected chi connectivity index (χ4v) is 1.91. The Hall–Kier alpha value is -1.27. The molecule has 0 amide bonds. The Morgan fingerprint density at radius 2 is 2.38 bits per heavy atom.